The third-order valence-corrected chi connectivity index (χ3v) is 7.61. The standard InChI is InChI=1S/C29H26BrFN2O5/c1-17-10-24(34)23(14-32-6-8-33(9-7-32)22-4-2-21(31)3-5-22)29-26(17)27(35)25(38-29)13-18-11-20(30)12-19-15-36-16-37-28(18)19/h2-5,10-13,34H,6-9,14-16H2,1H3/b25-13-. The van der Waals surface area contributed by atoms with Gasteiger partial charge in [0.25, 0.3) is 0 Å². The average Bonchev–Trinajstić information content (AvgIpc) is 3.23. The minimum absolute atomic E-state index is 0.108. The number of allylic oxidation sites excluding steroid dienone is 1. The highest BCUT2D eigenvalue weighted by atomic mass is 79.9. The molecule has 3 heterocycles. The van der Waals surface area contributed by atoms with E-state index < -0.39 is 0 Å². The van der Waals surface area contributed by atoms with Crippen LogP contribution in [0.5, 0.6) is 17.2 Å². The average molecular weight is 581 g/mol. The summed E-state index contributed by atoms with van der Waals surface area (Å²) in [5, 5.41) is 10.9. The molecule has 6 rings (SSSR count). The van der Waals surface area contributed by atoms with Crippen LogP contribution in [0.25, 0.3) is 6.08 Å². The number of fused-ring (bicyclic) bond motifs is 2. The number of hydrogen-bond donors (Lipinski definition) is 1. The second-order valence-corrected chi connectivity index (χ2v) is 10.6. The first kappa shape index (κ1) is 24.9. The number of aromatic hydroxyl groups is 1. The molecule has 0 aliphatic carbocycles. The minimum Gasteiger partial charge on any atom is -0.507 e. The van der Waals surface area contributed by atoms with Crippen molar-refractivity contribution in [1.29, 1.82) is 0 Å². The van der Waals surface area contributed by atoms with E-state index in [0.29, 0.717) is 46.9 Å². The summed E-state index contributed by atoms with van der Waals surface area (Å²) in [4.78, 5) is 17.9. The van der Waals surface area contributed by atoms with E-state index >= 15 is 0 Å². The molecule has 0 unspecified atom stereocenters. The lowest BCUT2D eigenvalue weighted by Gasteiger charge is -2.36. The molecule has 3 aromatic rings. The topological polar surface area (TPSA) is 71.5 Å². The van der Waals surface area contributed by atoms with E-state index in [2.05, 4.69) is 25.7 Å². The number of benzene rings is 3. The fraction of sp³-hybridized carbons (Fsp3) is 0.276. The van der Waals surface area contributed by atoms with Gasteiger partial charge < -0.3 is 24.2 Å². The predicted molar refractivity (Wildman–Crippen MR) is 144 cm³/mol. The first-order valence-corrected chi connectivity index (χ1v) is 13.2. The number of halogens is 2. The molecule has 3 aliphatic heterocycles. The number of carbonyl (C=O) groups is 1. The van der Waals surface area contributed by atoms with Crippen LogP contribution in [0.4, 0.5) is 10.1 Å². The molecule has 3 aliphatic rings. The van der Waals surface area contributed by atoms with Crippen LogP contribution in [0.1, 0.15) is 32.6 Å². The van der Waals surface area contributed by atoms with Gasteiger partial charge in [0.2, 0.25) is 5.78 Å². The highest BCUT2D eigenvalue weighted by Gasteiger charge is 2.34. The van der Waals surface area contributed by atoms with Gasteiger partial charge in [0.1, 0.15) is 23.1 Å². The summed E-state index contributed by atoms with van der Waals surface area (Å²) in [5.74, 6) is 0.898. The number of ketones is 1. The van der Waals surface area contributed by atoms with Gasteiger partial charge in [-0.2, -0.15) is 0 Å². The third-order valence-electron chi connectivity index (χ3n) is 7.16. The quantitative estimate of drug-likeness (QED) is 0.414. The molecule has 1 saturated heterocycles. The Labute approximate surface area is 228 Å². The SMILES string of the molecule is Cc1cc(O)c(CN2CCN(c3ccc(F)cc3)CC2)c2c1C(=O)/C(=C/c1cc(Br)cc3c1OCOC3)O2. The van der Waals surface area contributed by atoms with E-state index in [1.165, 1.54) is 12.1 Å². The fourth-order valence-corrected chi connectivity index (χ4v) is 5.75. The van der Waals surface area contributed by atoms with Crippen molar-refractivity contribution in [2.45, 2.75) is 20.1 Å². The lowest BCUT2D eigenvalue weighted by Crippen LogP contribution is -2.46. The number of hydrogen-bond acceptors (Lipinski definition) is 7. The number of carbonyl (C=O) groups excluding carboxylic acids is 1. The maximum Gasteiger partial charge on any atom is 0.232 e. The van der Waals surface area contributed by atoms with Crippen molar-refractivity contribution < 1.29 is 28.5 Å². The van der Waals surface area contributed by atoms with Crippen LogP contribution in [0.3, 0.4) is 0 Å². The van der Waals surface area contributed by atoms with E-state index in [9.17, 15) is 14.3 Å². The van der Waals surface area contributed by atoms with Crippen LogP contribution in [0.2, 0.25) is 0 Å². The van der Waals surface area contributed by atoms with Crippen LogP contribution in [0, 0.1) is 12.7 Å². The lowest BCUT2D eigenvalue weighted by molar-refractivity contribution is -0.0165. The van der Waals surface area contributed by atoms with E-state index in [1.807, 2.05) is 12.1 Å². The second kappa shape index (κ2) is 10.1. The summed E-state index contributed by atoms with van der Waals surface area (Å²) in [5.41, 5.74) is 4.32. The summed E-state index contributed by atoms with van der Waals surface area (Å²) in [6.07, 6.45) is 1.69. The van der Waals surface area contributed by atoms with Gasteiger partial charge in [-0.15, -0.1) is 0 Å². The minimum atomic E-state index is -0.250. The van der Waals surface area contributed by atoms with Crippen molar-refractivity contribution in [2.75, 3.05) is 37.9 Å². The van der Waals surface area contributed by atoms with Gasteiger partial charge in [0, 0.05) is 54.0 Å². The van der Waals surface area contributed by atoms with Crippen LogP contribution >= 0.6 is 15.9 Å². The fourth-order valence-electron chi connectivity index (χ4n) is 5.23. The van der Waals surface area contributed by atoms with Gasteiger partial charge in [-0.3, -0.25) is 9.69 Å². The molecule has 9 heteroatoms. The number of phenols is 1. The monoisotopic (exact) mass is 580 g/mol. The van der Waals surface area contributed by atoms with E-state index in [4.69, 9.17) is 14.2 Å². The highest BCUT2D eigenvalue weighted by molar-refractivity contribution is 9.10. The molecule has 0 radical (unpaired) electrons. The Morgan fingerprint density at radius 1 is 1.08 bits per heavy atom. The molecule has 1 N–H and O–H groups in total. The number of phenolic OH excluding ortho intramolecular Hbond substituents is 1. The summed E-state index contributed by atoms with van der Waals surface area (Å²) < 4.78 is 31.4. The Bertz CT molecular complexity index is 1450. The number of rotatable bonds is 4. The molecule has 0 saturated carbocycles. The summed E-state index contributed by atoms with van der Waals surface area (Å²) in [6.45, 7) is 5.84. The van der Waals surface area contributed by atoms with Crippen molar-refractivity contribution in [1.82, 2.24) is 4.90 Å². The maximum absolute atomic E-state index is 13.5. The molecule has 0 amide bonds. The third kappa shape index (κ3) is 4.66. The van der Waals surface area contributed by atoms with Gasteiger partial charge in [-0.1, -0.05) is 15.9 Å². The van der Waals surface area contributed by atoms with Gasteiger partial charge in [-0.05, 0) is 61.0 Å². The molecule has 0 bridgehead atoms. The summed E-state index contributed by atoms with van der Waals surface area (Å²) in [7, 11) is 0. The normalized spacial score (nSPS) is 18.2. The molecule has 3 aromatic carbocycles. The Morgan fingerprint density at radius 2 is 1.84 bits per heavy atom. The Hall–Kier alpha value is -3.40. The van der Waals surface area contributed by atoms with Crippen molar-refractivity contribution in [3.8, 4) is 17.2 Å². The van der Waals surface area contributed by atoms with Crippen molar-refractivity contribution in [3.63, 3.8) is 0 Å². The Kier molecular flexibility index (Phi) is 6.59. The Balaban J connectivity index is 1.25. The first-order valence-electron chi connectivity index (χ1n) is 12.4. The predicted octanol–water partition coefficient (Wildman–Crippen LogP) is 5.41. The zero-order valence-corrected chi connectivity index (χ0v) is 22.4. The second-order valence-electron chi connectivity index (χ2n) is 9.67. The molecular weight excluding hydrogens is 555 g/mol. The number of ether oxygens (including phenoxy) is 3. The van der Waals surface area contributed by atoms with Crippen molar-refractivity contribution in [3.05, 3.63) is 86.3 Å². The van der Waals surface area contributed by atoms with Crippen LogP contribution in [-0.4, -0.2) is 48.8 Å². The lowest BCUT2D eigenvalue weighted by atomic mass is 9.98. The van der Waals surface area contributed by atoms with Crippen molar-refractivity contribution in [2.24, 2.45) is 0 Å². The largest absolute Gasteiger partial charge is 0.507 e. The zero-order valence-electron chi connectivity index (χ0n) is 20.8. The number of piperazine rings is 1. The summed E-state index contributed by atoms with van der Waals surface area (Å²) >= 11 is 3.52. The molecule has 196 valence electrons. The van der Waals surface area contributed by atoms with E-state index in [-0.39, 0.29) is 29.9 Å². The zero-order chi connectivity index (χ0) is 26.4. The maximum atomic E-state index is 13.5. The molecule has 1 fully saturated rings. The first-order chi connectivity index (χ1) is 18.4. The molecule has 7 nitrogen and oxygen atoms in total. The highest BCUT2D eigenvalue weighted by Crippen LogP contribution is 2.43. The van der Waals surface area contributed by atoms with Crippen LogP contribution < -0.4 is 14.4 Å². The number of aryl methyl sites for hydroxylation is 1. The van der Waals surface area contributed by atoms with Crippen molar-refractivity contribution >= 4 is 33.5 Å². The molecular formula is C29H26BrFN2O5. The molecule has 38 heavy (non-hydrogen) atoms. The summed E-state index contributed by atoms with van der Waals surface area (Å²) in [6, 6.07) is 12.0. The van der Waals surface area contributed by atoms with Crippen LogP contribution in [0.15, 0.2) is 52.7 Å². The number of Topliss-reactive ketones (excluding diaryl/α,β-unsaturated/α-hetero) is 1. The van der Waals surface area contributed by atoms with Gasteiger partial charge in [0.05, 0.1) is 17.7 Å². The van der Waals surface area contributed by atoms with E-state index in [1.54, 1.807) is 31.2 Å². The number of anilines is 1. The molecule has 0 atom stereocenters. The molecule has 0 aromatic heterocycles. The molecule has 0 spiro atoms. The number of nitrogens with zero attached hydrogens (tertiary/aromatic N) is 2. The van der Waals surface area contributed by atoms with Crippen LogP contribution in [-0.2, 0) is 17.9 Å². The van der Waals surface area contributed by atoms with E-state index in [0.717, 1.165) is 41.9 Å². The van der Waals surface area contributed by atoms with Gasteiger partial charge in [-0.25, -0.2) is 4.39 Å². The van der Waals surface area contributed by atoms with Gasteiger partial charge >= 0.3 is 0 Å². The Morgan fingerprint density at radius 3 is 2.61 bits per heavy atom. The smallest absolute Gasteiger partial charge is 0.232 e. The van der Waals surface area contributed by atoms with Gasteiger partial charge in [0.15, 0.2) is 12.6 Å².